The summed E-state index contributed by atoms with van der Waals surface area (Å²) < 4.78 is 0. The molecule has 2 atom stereocenters. The van der Waals surface area contributed by atoms with E-state index in [9.17, 15) is 4.79 Å². The van der Waals surface area contributed by atoms with E-state index in [0.717, 1.165) is 29.4 Å². The van der Waals surface area contributed by atoms with E-state index in [0.29, 0.717) is 22.7 Å². The Labute approximate surface area is 183 Å². The second-order valence-corrected chi connectivity index (χ2v) is 11.1. The van der Waals surface area contributed by atoms with Gasteiger partial charge < -0.3 is 11.1 Å². The molecule has 1 heterocycles. The number of anilines is 1. The van der Waals surface area contributed by atoms with Crippen LogP contribution in [0.3, 0.4) is 0 Å². The van der Waals surface area contributed by atoms with Crippen molar-refractivity contribution in [2.24, 2.45) is 11.7 Å². The van der Waals surface area contributed by atoms with Gasteiger partial charge in [0.25, 0.3) is 0 Å². The van der Waals surface area contributed by atoms with Crippen molar-refractivity contribution in [2.75, 3.05) is 22.7 Å². The lowest BCUT2D eigenvalue weighted by Crippen LogP contribution is -2.26. The highest BCUT2D eigenvalue weighted by Gasteiger charge is 2.21. The summed E-state index contributed by atoms with van der Waals surface area (Å²) in [5.74, 6) is 2.35. The van der Waals surface area contributed by atoms with Crippen LogP contribution in [-0.4, -0.2) is 38.7 Å². The second-order valence-electron chi connectivity index (χ2n) is 6.16. The number of carbonyl (C=O) groups excluding carboxylic acids is 1. The van der Waals surface area contributed by atoms with Crippen LogP contribution in [0.2, 0.25) is 0 Å². The Bertz CT molecular complexity index is 698. The summed E-state index contributed by atoms with van der Waals surface area (Å²) in [6.07, 6.45) is 2.65. The van der Waals surface area contributed by atoms with Crippen LogP contribution >= 0.6 is 44.7 Å². The van der Waals surface area contributed by atoms with Crippen molar-refractivity contribution < 1.29 is 4.79 Å². The number of nitrogens with two attached hydrogens (primary N) is 1. The Morgan fingerprint density at radius 3 is 2.57 bits per heavy atom. The van der Waals surface area contributed by atoms with Crippen LogP contribution < -0.4 is 11.1 Å². The largest absolute Gasteiger partial charge is 0.322 e. The monoisotopic (exact) mass is 456 g/mol. The third kappa shape index (κ3) is 8.32. The Morgan fingerprint density at radius 1 is 1.18 bits per heavy atom. The van der Waals surface area contributed by atoms with Gasteiger partial charge in [-0.2, -0.15) is 0 Å². The summed E-state index contributed by atoms with van der Waals surface area (Å²) in [5.41, 5.74) is 6.82. The van der Waals surface area contributed by atoms with E-state index in [1.54, 1.807) is 22.6 Å². The molecule has 0 fully saturated rings. The van der Waals surface area contributed by atoms with Gasteiger partial charge in [0.1, 0.15) is 5.01 Å². The van der Waals surface area contributed by atoms with E-state index in [2.05, 4.69) is 34.6 Å². The number of rotatable bonds is 13. The highest BCUT2D eigenvalue weighted by Crippen LogP contribution is 2.30. The summed E-state index contributed by atoms with van der Waals surface area (Å²) >= 11 is 3.25. The van der Waals surface area contributed by atoms with Gasteiger partial charge in [-0.15, -0.1) is 22.0 Å². The fraction of sp³-hybridized carbons (Fsp3) is 0.526. The number of benzene rings is 1. The molecule has 0 radical (unpaired) electrons. The molecule has 1 aromatic heterocycles. The molecule has 0 aliphatic heterocycles. The molecule has 0 spiro atoms. The average Bonchev–Trinajstić information content (AvgIpc) is 3.17. The van der Waals surface area contributed by atoms with Crippen LogP contribution in [0, 0.1) is 5.92 Å². The fourth-order valence-electron chi connectivity index (χ4n) is 2.45. The molecule has 1 aromatic carbocycles. The van der Waals surface area contributed by atoms with Crippen LogP contribution in [-0.2, 0) is 17.6 Å². The van der Waals surface area contributed by atoms with Crippen molar-refractivity contribution in [3.8, 4) is 0 Å². The minimum Gasteiger partial charge on any atom is -0.322 e. The molecule has 2 aromatic rings. The normalized spacial score (nSPS) is 13.2. The van der Waals surface area contributed by atoms with Crippen molar-refractivity contribution in [2.45, 2.75) is 38.4 Å². The van der Waals surface area contributed by atoms with Crippen LogP contribution in [0.5, 0.6) is 0 Å². The van der Waals surface area contributed by atoms with Gasteiger partial charge in [0.05, 0.1) is 5.92 Å². The molecule has 0 aliphatic rings. The van der Waals surface area contributed by atoms with E-state index in [1.165, 1.54) is 16.9 Å². The number of hydrogen-bond donors (Lipinski definition) is 2. The molecule has 154 valence electrons. The highest BCUT2D eigenvalue weighted by molar-refractivity contribution is 8.76. The van der Waals surface area contributed by atoms with E-state index in [1.807, 2.05) is 35.9 Å². The summed E-state index contributed by atoms with van der Waals surface area (Å²) in [4.78, 5) is 12.9. The molecule has 1 amide bonds. The minimum atomic E-state index is -0.115. The Morgan fingerprint density at radius 2 is 1.93 bits per heavy atom. The van der Waals surface area contributed by atoms with E-state index in [4.69, 9.17) is 5.73 Å². The molecular formula is C19H28N4OS4. The number of amides is 1. The first-order chi connectivity index (χ1) is 13.7. The molecular weight excluding hydrogens is 429 g/mol. The zero-order valence-electron chi connectivity index (χ0n) is 16.3. The van der Waals surface area contributed by atoms with Crippen LogP contribution in [0.1, 0.15) is 30.8 Å². The smallest absolute Gasteiger partial charge is 0.230 e. The molecule has 0 aliphatic carbocycles. The molecule has 2 unspecified atom stereocenters. The van der Waals surface area contributed by atoms with E-state index >= 15 is 0 Å². The first kappa shape index (κ1) is 23.5. The van der Waals surface area contributed by atoms with Gasteiger partial charge in [-0.05, 0) is 24.8 Å². The molecule has 3 N–H and O–H groups in total. The number of nitrogens with one attached hydrogen (secondary N) is 1. The molecule has 2 rings (SSSR count). The van der Waals surface area contributed by atoms with Gasteiger partial charge in [0, 0.05) is 22.6 Å². The van der Waals surface area contributed by atoms with Gasteiger partial charge in [0.15, 0.2) is 0 Å². The summed E-state index contributed by atoms with van der Waals surface area (Å²) in [6.45, 7) is 4.22. The molecule has 28 heavy (non-hydrogen) atoms. The lowest BCUT2D eigenvalue weighted by molar-refractivity contribution is -0.119. The maximum Gasteiger partial charge on any atom is 0.230 e. The average molecular weight is 457 g/mol. The van der Waals surface area contributed by atoms with Crippen LogP contribution in [0.4, 0.5) is 5.13 Å². The van der Waals surface area contributed by atoms with Crippen molar-refractivity contribution in [3.63, 3.8) is 0 Å². The van der Waals surface area contributed by atoms with Crippen molar-refractivity contribution in [1.29, 1.82) is 0 Å². The molecule has 0 saturated heterocycles. The molecule has 0 saturated carbocycles. The highest BCUT2D eigenvalue weighted by atomic mass is 33.1. The van der Waals surface area contributed by atoms with E-state index < -0.39 is 0 Å². The van der Waals surface area contributed by atoms with Crippen molar-refractivity contribution in [3.05, 3.63) is 40.9 Å². The number of aromatic nitrogens is 2. The van der Waals surface area contributed by atoms with Gasteiger partial charge in [-0.25, -0.2) is 0 Å². The van der Waals surface area contributed by atoms with Gasteiger partial charge >= 0.3 is 0 Å². The Kier molecular flexibility index (Phi) is 11.3. The van der Waals surface area contributed by atoms with Crippen LogP contribution in [0.25, 0.3) is 0 Å². The minimum absolute atomic E-state index is 0.0131. The van der Waals surface area contributed by atoms with Gasteiger partial charge in [-0.3, -0.25) is 4.79 Å². The number of nitrogens with zero attached hydrogens (tertiary/aromatic N) is 2. The Hall–Kier alpha value is -0.740. The Balaban J connectivity index is 1.93. The topological polar surface area (TPSA) is 80.9 Å². The maximum absolute atomic E-state index is 12.9. The zero-order chi connectivity index (χ0) is 20.2. The van der Waals surface area contributed by atoms with Crippen molar-refractivity contribution in [1.82, 2.24) is 10.2 Å². The third-order valence-electron chi connectivity index (χ3n) is 4.09. The predicted octanol–water partition coefficient (Wildman–Crippen LogP) is 4.71. The summed E-state index contributed by atoms with van der Waals surface area (Å²) in [7, 11) is 3.60. The molecule has 5 nitrogen and oxygen atoms in total. The second kappa shape index (κ2) is 13.5. The number of hydrogen-bond acceptors (Lipinski definition) is 8. The standard InChI is InChI=1S/C19H28N4OS4/c1-3-16(25-13-20)12-27-26-11-15(10-14-8-6-5-7-9-14)18(24)21-19-23-22-17(4-2)28-19/h5-9,15-16H,3-4,10-13,20H2,1-2H3,(H,21,23,24). The molecule has 0 bridgehead atoms. The first-order valence-electron chi connectivity index (χ1n) is 9.39. The van der Waals surface area contributed by atoms with Crippen LogP contribution in [0.15, 0.2) is 30.3 Å². The third-order valence-corrected chi connectivity index (χ3v) is 9.01. The van der Waals surface area contributed by atoms with Gasteiger partial charge in [0.2, 0.25) is 11.0 Å². The maximum atomic E-state index is 12.9. The summed E-state index contributed by atoms with van der Waals surface area (Å²) in [5, 5.41) is 13.2. The van der Waals surface area contributed by atoms with E-state index in [-0.39, 0.29) is 11.8 Å². The molecule has 9 heteroatoms. The quantitative estimate of drug-likeness (QED) is 0.257. The lowest BCUT2D eigenvalue weighted by Gasteiger charge is -2.17. The van der Waals surface area contributed by atoms with Crippen molar-refractivity contribution >= 4 is 55.7 Å². The number of carbonyl (C=O) groups is 1. The fourth-order valence-corrected chi connectivity index (χ4v) is 7.07. The number of thioether (sulfide) groups is 1. The zero-order valence-corrected chi connectivity index (χ0v) is 19.6. The van der Waals surface area contributed by atoms with Gasteiger partial charge in [-0.1, -0.05) is 77.1 Å². The predicted molar refractivity (Wildman–Crippen MR) is 127 cm³/mol. The first-order valence-corrected chi connectivity index (χ1v) is 13.7. The SMILES string of the molecule is CCc1nnc(NC(=O)C(CSSCC(CC)SCN)Cc2ccccc2)s1. The summed E-state index contributed by atoms with van der Waals surface area (Å²) in [6, 6.07) is 10.2. The number of aryl methyl sites for hydroxylation is 1. The lowest BCUT2D eigenvalue weighted by atomic mass is 10.0.